The summed E-state index contributed by atoms with van der Waals surface area (Å²) in [6.07, 6.45) is 4.99. The molecule has 6 heteroatoms. The third-order valence-corrected chi connectivity index (χ3v) is 5.85. The highest BCUT2D eigenvalue weighted by Crippen LogP contribution is 2.41. The third kappa shape index (κ3) is 3.79. The van der Waals surface area contributed by atoms with Crippen LogP contribution in [0.2, 0.25) is 0 Å². The molecule has 0 unspecified atom stereocenters. The Morgan fingerprint density at radius 2 is 2.03 bits per heavy atom. The topological polar surface area (TPSA) is 56.3 Å². The van der Waals surface area contributed by atoms with Crippen molar-refractivity contribution >= 4 is 23.0 Å². The van der Waals surface area contributed by atoms with E-state index in [1.54, 1.807) is 6.20 Å². The van der Waals surface area contributed by atoms with Crippen molar-refractivity contribution in [1.29, 1.82) is 0 Å². The zero-order valence-corrected chi connectivity index (χ0v) is 17.4. The van der Waals surface area contributed by atoms with Gasteiger partial charge in [-0.3, -0.25) is 0 Å². The summed E-state index contributed by atoms with van der Waals surface area (Å²) < 4.78 is 0. The molecule has 0 saturated carbocycles. The molecular weight excluding hydrogens is 360 g/mol. The summed E-state index contributed by atoms with van der Waals surface area (Å²) in [5.74, 6) is 2.53. The molecule has 0 spiro atoms. The highest BCUT2D eigenvalue weighted by Gasteiger charge is 2.38. The van der Waals surface area contributed by atoms with Crippen LogP contribution in [0.15, 0.2) is 55.5 Å². The van der Waals surface area contributed by atoms with Crippen molar-refractivity contribution in [1.82, 2.24) is 15.3 Å². The smallest absolute Gasteiger partial charge is 0.158 e. The Hall–Kier alpha value is -3.02. The van der Waals surface area contributed by atoms with Crippen molar-refractivity contribution in [2.24, 2.45) is 0 Å². The van der Waals surface area contributed by atoms with Crippen molar-refractivity contribution < 1.29 is 0 Å². The number of hydrogen-bond donors (Lipinski definition) is 2. The van der Waals surface area contributed by atoms with Crippen LogP contribution in [0.25, 0.3) is 5.70 Å². The molecule has 2 aliphatic heterocycles. The first-order chi connectivity index (χ1) is 14.1. The Labute approximate surface area is 173 Å². The van der Waals surface area contributed by atoms with Gasteiger partial charge in [-0.05, 0) is 43.5 Å². The van der Waals surface area contributed by atoms with Crippen molar-refractivity contribution in [2.75, 3.05) is 28.2 Å². The Morgan fingerprint density at radius 3 is 2.76 bits per heavy atom. The van der Waals surface area contributed by atoms with Crippen molar-refractivity contribution in [3.8, 4) is 0 Å². The maximum atomic E-state index is 5.02. The van der Waals surface area contributed by atoms with Crippen LogP contribution in [0.3, 0.4) is 0 Å². The van der Waals surface area contributed by atoms with Crippen LogP contribution < -0.4 is 20.4 Å². The lowest BCUT2D eigenvalue weighted by Gasteiger charge is -2.38. The van der Waals surface area contributed by atoms with E-state index in [-0.39, 0.29) is 0 Å². The molecular formula is C23H30N6. The standard InChI is InChI=1S/C23H30N6/c1-5-18(6-2)25-16(3)20-10-11-21-23(27-20)29(19-12-14-28(21)15-19)17(4)26-22-9-7-8-13-24-22/h7-11,13,18-19,25H,3-6,12,14-15H2,1-2H3,(H,24,26)/t19-/m0/s1. The average Bonchev–Trinajstić information content (AvgIpc) is 3.16. The maximum absolute atomic E-state index is 5.02. The fraction of sp³-hybridized carbons (Fsp3) is 0.391. The Bertz CT molecular complexity index is 889. The predicted molar refractivity (Wildman–Crippen MR) is 121 cm³/mol. The number of nitrogens with zero attached hydrogens (tertiary/aromatic N) is 4. The van der Waals surface area contributed by atoms with Crippen molar-refractivity contribution in [3.05, 3.63) is 61.2 Å². The molecule has 152 valence electrons. The lowest BCUT2D eigenvalue weighted by molar-refractivity contribution is 0.560. The van der Waals surface area contributed by atoms with E-state index in [9.17, 15) is 0 Å². The molecule has 1 atom stereocenters. The minimum absolute atomic E-state index is 0.356. The zero-order valence-electron chi connectivity index (χ0n) is 17.4. The molecule has 0 aliphatic carbocycles. The number of rotatable bonds is 8. The molecule has 0 aromatic carbocycles. The van der Waals surface area contributed by atoms with Crippen molar-refractivity contribution in [3.63, 3.8) is 0 Å². The number of pyridine rings is 2. The number of nitrogens with one attached hydrogen (secondary N) is 2. The molecule has 6 nitrogen and oxygen atoms in total. The summed E-state index contributed by atoms with van der Waals surface area (Å²) in [4.78, 5) is 14.0. The van der Waals surface area contributed by atoms with Gasteiger partial charge in [0.1, 0.15) is 11.6 Å². The number of aromatic nitrogens is 2. The van der Waals surface area contributed by atoms with Gasteiger partial charge in [-0.15, -0.1) is 0 Å². The molecule has 0 radical (unpaired) electrons. The van der Waals surface area contributed by atoms with E-state index in [0.29, 0.717) is 12.1 Å². The molecule has 2 N–H and O–H groups in total. The molecule has 29 heavy (non-hydrogen) atoms. The second-order valence-electron chi connectivity index (χ2n) is 7.72. The molecule has 2 aromatic heterocycles. The number of hydrogen-bond acceptors (Lipinski definition) is 6. The highest BCUT2D eigenvalue weighted by atomic mass is 15.4. The van der Waals surface area contributed by atoms with Gasteiger partial charge in [0.2, 0.25) is 0 Å². The first-order valence-corrected chi connectivity index (χ1v) is 10.5. The molecule has 2 aromatic rings. The van der Waals surface area contributed by atoms with Crippen LogP contribution in [-0.2, 0) is 0 Å². The van der Waals surface area contributed by atoms with Crippen LogP contribution in [0.4, 0.5) is 17.3 Å². The van der Waals surface area contributed by atoms with Gasteiger partial charge in [-0.1, -0.05) is 33.1 Å². The van der Waals surface area contributed by atoms with Crippen LogP contribution in [0.5, 0.6) is 0 Å². The average molecular weight is 391 g/mol. The number of anilines is 3. The zero-order chi connectivity index (χ0) is 20.4. The van der Waals surface area contributed by atoms with Gasteiger partial charge in [0.25, 0.3) is 0 Å². The maximum Gasteiger partial charge on any atom is 0.158 e. The monoisotopic (exact) mass is 390 g/mol. The molecule has 2 bridgehead atoms. The summed E-state index contributed by atoms with van der Waals surface area (Å²) in [5.41, 5.74) is 2.91. The highest BCUT2D eigenvalue weighted by molar-refractivity contribution is 5.77. The molecule has 4 rings (SSSR count). The first-order valence-electron chi connectivity index (χ1n) is 10.5. The molecule has 2 aliphatic rings. The summed E-state index contributed by atoms with van der Waals surface area (Å²) in [5, 5.41) is 6.88. The largest absolute Gasteiger partial charge is 0.381 e. The Morgan fingerprint density at radius 1 is 1.21 bits per heavy atom. The normalized spacial score (nSPS) is 17.3. The van der Waals surface area contributed by atoms with Crippen LogP contribution in [0.1, 0.15) is 38.8 Å². The summed E-state index contributed by atoms with van der Waals surface area (Å²) in [6.45, 7) is 15.0. The van der Waals surface area contributed by atoms with E-state index in [4.69, 9.17) is 4.98 Å². The Kier molecular flexibility index (Phi) is 5.43. The molecule has 1 saturated heterocycles. The Balaban J connectivity index is 1.63. The minimum Gasteiger partial charge on any atom is -0.381 e. The fourth-order valence-electron chi connectivity index (χ4n) is 4.18. The lowest BCUT2D eigenvalue weighted by atomic mass is 10.1. The van der Waals surface area contributed by atoms with Gasteiger partial charge >= 0.3 is 0 Å². The second kappa shape index (κ2) is 8.15. The van der Waals surface area contributed by atoms with E-state index in [0.717, 1.165) is 66.9 Å². The second-order valence-corrected chi connectivity index (χ2v) is 7.72. The fourth-order valence-corrected chi connectivity index (χ4v) is 4.18. The number of fused-ring (bicyclic) bond motifs is 4. The molecule has 0 amide bonds. The quantitative estimate of drug-likeness (QED) is 0.704. The first kappa shape index (κ1) is 19.3. The predicted octanol–water partition coefficient (Wildman–Crippen LogP) is 4.21. The van der Waals surface area contributed by atoms with Gasteiger partial charge in [-0.2, -0.15) is 0 Å². The van der Waals surface area contributed by atoms with E-state index in [1.807, 2.05) is 18.2 Å². The van der Waals surface area contributed by atoms with Gasteiger partial charge in [0.05, 0.1) is 23.1 Å². The minimum atomic E-state index is 0.356. The summed E-state index contributed by atoms with van der Waals surface area (Å²) >= 11 is 0. The third-order valence-electron chi connectivity index (χ3n) is 5.85. The SMILES string of the molecule is C=C(NC(CC)CC)c1ccc2c(n1)N(C(=C)Nc1ccccn1)[C@H]1CCN2C1. The van der Waals surface area contributed by atoms with Gasteiger partial charge in [-0.25, -0.2) is 9.97 Å². The van der Waals surface area contributed by atoms with Crippen LogP contribution >= 0.6 is 0 Å². The van der Waals surface area contributed by atoms with E-state index < -0.39 is 0 Å². The lowest BCUT2D eigenvalue weighted by Crippen LogP contribution is -2.43. The van der Waals surface area contributed by atoms with Crippen LogP contribution in [0, 0.1) is 0 Å². The van der Waals surface area contributed by atoms with E-state index in [2.05, 4.69) is 64.6 Å². The van der Waals surface area contributed by atoms with Gasteiger partial charge in [0, 0.05) is 25.3 Å². The van der Waals surface area contributed by atoms with E-state index >= 15 is 0 Å². The van der Waals surface area contributed by atoms with Crippen molar-refractivity contribution in [2.45, 2.75) is 45.2 Å². The molecule has 4 heterocycles. The summed E-state index contributed by atoms with van der Waals surface area (Å²) in [6, 6.07) is 10.8. The van der Waals surface area contributed by atoms with E-state index in [1.165, 1.54) is 0 Å². The molecule has 1 fully saturated rings. The van der Waals surface area contributed by atoms with Gasteiger partial charge in [0.15, 0.2) is 5.82 Å². The summed E-state index contributed by atoms with van der Waals surface area (Å²) in [7, 11) is 0. The van der Waals surface area contributed by atoms with Gasteiger partial charge < -0.3 is 20.4 Å². The van der Waals surface area contributed by atoms with Crippen LogP contribution in [-0.4, -0.2) is 35.1 Å².